The molecule has 0 spiro atoms. The second-order valence-electron chi connectivity index (χ2n) is 7.71. The van der Waals surface area contributed by atoms with Gasteiger partial charge in [0.15, 0.2) is 0 Å². The number of nitrogens with zero attached hydrogens (tertiary/aromatic N) is 3. The third kappa shape index (κ3) is 4.66. The Morgan fingerprint density at radius 3 is 2.05 bits per heavy atom. The third-order valence-electron chi connectivity index (χ3n) is 5.05. The van der Waals surface area contributed by atoms with E-state index >= 15 is 0 Å². The lowest BCUT2D eigenvalue weighted by atomic mass is 9.94. The maximum absolute atomic E-state index is 12.8. The fraction of sp³-hybridized carbons (Fsp3) is 1.00. The Morgan fingerprint density at radius 2 is 1.55 bits per heavy atom. The van der Waals surface area contributed by atoms with E-state index in [0.29, 0.717) is 43.9 Å². The van der Waals surface area contributed by atoms with Crippen LogP contribution in [0.25, 0.3) is 0 Å². The van der Waals surface area contributed by atoms with Crippen molar-refractivity contribution in [2.75, 3.05) is 46.8 Å². The van der Waals surface area contributed by atoms with E-state index < -0.39 is 10.2 Å². The van der Waals surface area contributed by atoms with Gasteiger partial charge < -0.3 is 4.90 Å². The van der Waals surface area contributed by atoms with Crippen molar-refractivity contribution in [3.05, 3.63) is 0 Å². The molecule has 0 saturated carbocycles. The molecule has 2 aliphatic rings. The Balaban J connectivity index is 1.89. The van der Waals surface area contributed by atoms with E-state index in [1.807, 2.05) is 0 Å². The van der Waals surface area contributed by atoms with Gasteiger partial charge in [-0.3, -0.25) is 0 Å². The molecule has 2 heterocycles. The van der Waals surface area contributed by atoms with E-state index in [9.17, 15) is 8.42 Å². The van der Waals surface area contributed by atoms with Crippen LogP contribution < -0.4 is 0 Å². The fourth-order valence-corrected chi connectivity index (χ4v) is 5.71. The summed E-state index contributed by atoms with van der Waals surface area (Å²) >= 11 is 0. The van der Waals surface area contributed by atoms with Crippen LogP contribution in [0.5, 0.6) is 0 Å². The Labute approximate surface area is 136 Å². The molecule has 0 radical (unpaired) electrons. The minimum absolute atomic E-state index is 0.469. The first-order valence-corrected chi connectivity index (χ1v) is 10.1. The standard InChI is InChI=1S/C16H33N3O2S/c1-14-11-15(2)13-19(12-14)22(20,21)18-9-6-16(7-10-18)5-8-17(3)4/h14-16H,5-13H2,1-4H3/t14-,15-/m1/s1. The second-order valence-corrected chi connectivity index (χ2v) is 9.63. The summed E-state index contributed by atoms with van der Waals surface area (Å²) in [5, 5.41) is 0. The van der Waals surface area contributed by atoms with Crippen LogP contribution in [0.15, 0.2) is 0 Å². The predicted octanol–water partition coefficient (Wildman–Crippen LogP) is 1.87. The van der Waals surface area contributed by atoms with E-state index in [2.05, 4.69) is 32.8 Å². The first-order valence-electron chi connectivity index (χ1n) is 8.69. The largest absolute Gasteiger partial charge is 0.309 e. The lowest BCUT2D eigenvalue weighted by molar-refractivity contribution is 0.191. The van der Waals surface area contributed by atoms with Gasteiger partial charge in [-0.25, -0.2) is 0 Å². The summed E-state index contributed by atoms with van der Waals surface area (Å²) in [5.41, 5.74) is 0. The van der Waals surface area contributed by atoms with Crippen molar-refractivity contribution in [3.8, 4) is 0 Å². The van der Waals surface area contributed by atoms with Gasteiger partial charge in [0.2, 0.25) is 0 Å². The Kier molecular flexibility index (Phi) is 6.28. The van der Waals surface area contributed by atoms with E-state index in [4.69, 9.17) is 0 Å². The van der Waals surface area contributed by atoms with Crippen LogP contribution in [-0.2, 0) is 10.2 Å². The second kappa shape index (κ2) is 7.60. The molecule has 0 aromatic rings. The van der Waals surface area contributed by atoms with E-state index in [-0.39, 0.29) is 0 Å². The molecular weight excluding hydrogens is 298 g/mol. The highest BCUT2D eigenvalue weighted by Gasteiger charge is 2.36. The first kappa shape index (κ1) is 18.2. The van der Waals surface area contributed by atoms with Gasteiger partial charge in [0.25, 0.3) is 10.2 Å². The summed E-state index contributed by atoms with van der Waals surface area (Å²) in [6, 6.07) is 0. The molecule has 2 atom stereocenters. The van der Waals surface area contributed by atoms with Crippen LogP contribution in [0, 0.1) is 17.8 Å². The predicted molar refractivity (Wildman–Crippen MR) is 90.9 cm³/mol. The molecule has 2 aliphatic heterocycles. The molecule has 5 nitrogen and oxygen atoms in total. The minimum atomic E-state index is -3.25. The summed E-state index contributed by atoms with van der Waals surface area (Å²) in [6.07, 6.45) is 4.33. The molecule has 2 rings (SSSR count). The summed E-state index contributed by atoms with van der Waals surface area (Å²) < 4.78 is 29.2. The van der Waals surface area contributed by atoms with Crippen molar-refractivity contribution >= 4 is 10.2 Å². The van der Waals surface area contributed by atoms with Crippen LogP contribution in [0.1, 0.15) is 39.5 Å². The molecule has 0 bridgehead atoms. The lowest BCUT2D eigenvalue weighted by Gasteiger charge is -2.39. The molecule has 0 aliphatic carbocycles. The van der Waals surface area contributed by atoms with Gasteiger partial charge in [-0.15, -0.1) is 0 Å². The molecule has 2 saturated heterocycles. The first-order chi connectivity index (χ1) is 10.3. The zero-order valence-corrected chi connectivity index (χ0v) is 15.5. The Hall–Kier alpha value is -0.170. The van der Waals surface area contributed by atoms with Crippen LogP contribution in [0.3, 0.4) is 0 Å². The van der Waals surface area contributed by atoms with Crippen molar-refractivity contribution in [3.63, 3.8) is 0 Å². The summed E-state index contributed by atoms with van der Waals surface area (Å²) in [5.74, 6) is 1.61. The molecular formula is C16H33N3O2S. The van der Waals surface area contributed by atoms with Crippen LogP contribution >= 0.6 is 0 Å². The van der Waals surface area contributed by atoms with Gasteiger partial charge in [0, 0.05) is 26.2 Å². The summed E-state index contributed by atoms with van der Waals surface area (Å²) in [7, 11) is 0.942. The van der Waals surface area contributed by atoms with E-state index in [1.54, 1.807) is 8.61 Å². The fourth-order valence-electron chi connectivity index (χ4n) is 3.83. The van der Waals surface area contributed by atoms with E-state index in [1.165, 1.54) is 6.42 Å². The maximum Gasteiger partial charge on any atom is 0.281 e. The third-order valence-corrected chi connectivity index (χ3v) is 7.01. The van der Waals surface area contributed by atoms with Gasteiger partial charge in [0.05, 0.1) is 0 Å². The number of hydrogen-bond acceptors (Lipinski definition) is 3. The molecule has 0 N–H and O–H groups in total. The summed E-state index contributed by atoms with van der Waals surface area (Å²) in [6.45, 7) is 8.18. The zero-order chi connectivity index (χ0) is 16.3. The van der Waals surface area contributed by atoms with Crippen molar-refractivity contribution in [2.45, 2.75) is 39.5 Å². The van der Waals surface area contributed by atoms with Crippen molar-refractivity contribution in [2.24, 2.45) is 17.8 Å². The average Bonchev–Trinajstić information content (AvgIpc) is 2.44. The van der Waals surface area contributed by atoms with Crippen LogP contribution in [0.2, 0.25) is 0 Å². The van der Waals surface area contributed by atoms with Crippen molar-refractivity contribution in [1.82, 2.24) is 13.5 Å². The van der Waals surface area contributed by atoms with Crippen LogP contribution in [0.4, 0.5) is 0 Å². The average molecular weight is 332 g/mol. The highest BCUT2D eigenvalue weighted by Crippen LogP contribution is 2.28. The monoisotopic (exact) mass is 331 g/mol. The number of rotatable bonds is 5. The van der Waals surface area contributed by atoms with Gasteiger partial charge in [-0.2, -0.15) is 17.0 Å². The van der Waals surface area contributed by atoms with Crippen molar-refractivity contribution in [1.29, 1.82) is 0 Å². The highest BCUT2D eigenvalue weighted by molar-refractivity contribution is 7.86. The topological polar surface area (TPSA) is 43.9 Å². The van der Waals surface area contributed by atoms with Gasteiger partial charge in [-0.05, 0) is 64.1 Å². The highest BCUT2D eigenvalue weighted by atomic mass is 32.2. The Bertz CT molecular complexity index is 434. The smallest absolute Gasteiger partial charge is 0.281 e. The maximum atomic E-state index is 12.8. The minimum Gasteiger partial charge on any atom is -0.309 e. The molecule has 130 valence electrons. The number of piperidine rings is 2. The molecule has 0 amide bonds. The van der Waals surface area contributed by atoms with Crippen molar-refractivity contribution < 1.29 is 8.42 Å². The van der Waals surface area contributed by atoms with Gasteiger partial charge in [-0.1, -0.05) is 13.8 Å². The SMILES string of the molecule is C[C@@H]1C[C@@H](C)CN(S(=O)(=O)N2CCC(CCN(C)C)CC2)C1. The quantitative estimate of drug-likeness (QED) is 0.772. The van der Waals surface area contributed by atoms with E-state index in [0.717, 1.165) is 25.8 Å². The van der Waals surface area contributed by atoms with Crippen LogP contribution in [-0.4, -0.2) is 68.7 Å². The number of hydrogen-bond donors (Lipinski definition) is 0. The Morgan fingerprint density at radius 1 is 1.00 bits per heavy atom. The molecule has 22 heavy (non-hydrogen) atoms. The zero-order valence-electron chi connectivity index (χ0n) is 14.7. The van der Waals surface area contributed by atoms with Gasteiger partial charge >= 0.3 is 0 Å². The molecule has 0 aromatic carbocycles. The normalized spacial score (nSPS) is 30.0. The summed E-state index contributed by atoms with van der Waals surface area (Å²) in [4.78, 5) is 2.21. The lowest BCUT2D eigenvalue weighted by Crippen LogP contribution is -2.51. The molecule has 6 heteroatoms. The molecule has 0 unspecified atom stereocenters. The molecule has 2 fully saturated rings. The molecule has 0 aromatic heterocycles. The van der Waals surface area contributed by atoms with Gasteiger partial charge in [0.1, 0.15) is 0 Å².